The van der Waals surface area contributed by atoms with Crippen LogP contribution in [-0.4, -0.2) is 27.3 Å². The summed E-state index contributed by atoms with van der Waals surface area (Å²) in [6.45, 7) is 4.67. The number of anilines is 1. The third-order valence-electron chi connectivity index (χ3n) is 4.50. The van der Waals surface area contributed by atoms with E-state index in [0.717, 1.165) is 30.6 Å². The van der Waals surface area contributed by atoms with Crippen LogP contribution in [0.5, 0.6) is 0 Å². The number of rotatable bonds is 3. The standard InChI is InChI=1S/C18H22N4O/c1-13-11-15(19)21-17(20-13)18(2)9-6-10-22(18)16(23)12-14-7-4-3-5-8-14/h3-5,7-8,11H,6,9-10,12H2,1-2H3,(H2,19,20,21). The number of hydrogen-bond donors (Lipinski definition) is 1. The van der Waals surface area contributed by atoms with Gasteiger partial charge in [0.2, 0.25) is 5.91 Å². The number of carbonyl (C=O) groups excluding carboxylic acids is 1. The van der Waals surface area contributed by atoms with E-state index in [4.69, 9.17) is 5.73 Å². The normalized spacial score (nSPS) is 20.7. The molecule has 0 radical (unpaired) electrons. The van der Waals surface area contributed by atoms with Crippen LogP contribution in [0.3, 0.4) is 0 Å². The van der Waals surface area contributed by atoms with Crippen LogP contribution < -0.4 is 5.73 Å². The second-order valence-electron chi connectivity index (χ2n) is 6.34. The Kier molecular flexibility index (Phi) is 4.03. The van der Waals surface area contributed by atoms with Crippen LogP contribution in [0.2, 0.25) is 0 Å². The molecule has 5 heteroatoms. The van der Waals surface area contributed by atoms with Gasteiger partial charge >= 0.3 is 0 Å². The lowest BCUT2D eigenvalue weighted by Gasteiger charge is -2.34. The summed E-state index contributed by atoms with van der Waals surface area (Å²) < 4.78 is 0. The molecule has 1 aromatic heterocycles. The van der Waals surface area contributed by atoms with Crippen molar-refractivity contribution in [2.24, 2.45) is 0 Å². The minimum atomic E-state index is -0.480. The molecule has 1 unspecified atom stereocenters. The average molecular weight is 310 g/mol. The minimum Gasteiger partial charge on any atom is -0.384 e. The molecule has 23 heavy (non-hydrogen) atoms. The predicted octanol–water partition coefficient (Wildman–Crippen LogP) is 2.45. The topological polar surface area (TPSA) is 72.1 Å². The lowest BCUT2D eigenvalue weighted by Crippen LogP contribution is -2.44. The summed E-state index contributed by atoms with van der Waals surface area (Å²) in [7, 11) is 0. The van der Waals surface area contributed by atoms with E-state index in [9.17, 15) is 4.79 Å². The summed E-state index contributed by atoms with van der Waals surface area (Å²) in [4.78, 5) is 23.7. The minimum absolute atomic E-state index is 0.111. The van der Waals surface area contributed by atoms with Crippen LogP contribution in [-0.2, 0) is 16.8 Å². The largest absolute Gasteiger partial charge is 0.384 e. The molecule has 1 aliphatic heterocycles. The highest BCUT2D eigenvalue weighted by molar-refractivity contribution is 5.80. The summed E-state index contributed by atoms with van der Waals surface area (Å²) in [5.41, 5.74) is 7.25. The van der Waals surface area contributed by atoms with Gasteiger partial charge in [-0.15, -0.1) is 0 Å². The Bertz CT molecular complexity index is 696. The monoisotopic (exact) mass is 310 g/mol. The van der Waals surface area contributed by atoms with Gasteiger partial charge in [-0.1, -0.05) is 30.3 Å². The third kappa shape index (κ3) is 3.04. The lowest BCUT2D eigenvalue weighted by atomic mass is 9.96. The number of nitrogens with two attached hydrogens (primary N) is 1. The first kappa shape index (κ1) is 15.5. The van der Waals surface area contributed by atoms with Gasteiger partial charge < -0.3 is 10.6 Å². The van der Waals surface area contributed by atoms with Gasteiger partial charge in [-0.05, 0) is 32.3 Å². The Morgan fingerprint density at radius 1 is 1.30 bits per heavy atom. The number of carbonyl (C=O) groups is 1. The number of nitrogen functional groups attached to an aromatic ring is 1. The van der Waals surface area contributed by atoms with Crippen LogP contribution in [0, 0.1) is 6.92 Å². The fourth-order valence-electron chi connectivity index (χ4n) is 3.30. The number of benzene rings is 1. The van der Waals surface area contributed by atoms with Crippen molar-refractivity contribution in [3.8, 4) is 0 Å². The molecule has 1 atom stereocenters. The van der Waals surface area contributed by atoms with Crippen LogP contribution in [0.1, 0.15) is 36.8 Å². The molecule has 1 fully saturated rings. The van der Waals surface area contributed by atoms with Crippen LogP contribution in [0.25, 0.3) is 0 Å². The maximum Gasteiger partial charge on any atom is 0.227 e. The molecule has 1 saturated heterocycles. The molecule has 1 aromatic carbocycles. The SMILES string of the molecule is Cc1cc(N)nc(C2(C)CCCN2C(=O)Cc2ccccc2)n1. The van der Waals surface area contributed by atoms with Crippen molar-refractivity contribution in [3.05, 3.63) is 53.5 Å². The summed E-state index contributed by atoms with van der Waals surface area (Å²) >= 11 is 0. The molecule has 2 aromatic rings. The molecule has 1 amide bonds. The number of aromatic nitrogens is 2. The zero-order valence-corrected chi connectivity index (χ0v) is 13.6. The van der Waals surface area contributed by atoms with Gasteiger partial charge in [0.05, 0.1) is 12.0 Å². The zero-order valence-electron chi connectivity index (χ0n) is 13.6. The third-order valence-corrected chi connectivity index (χ3v) is 4.50. The second-order valence-corrected chi connectivity index (χ2v) is 6.34. The highest BCUT2D eigenvalue weighted by Gasteiger charge is 2.43. The van der Waals surface area contributed by atoms with E-state index in [-0.39, 0.29) is 5.91 Å². The molecule has 2 N–H and O–H groups in total. The smallest absolute Gasteiger partial charge is 0.227 e. The molecule has 0 aliphatic carbocycles. The van der Waals surface area contributed by atoms with E-state index < -0.39 is 5.54 Å². The molecule has 0 saturated carbocycles. The Hall–Kier alpha value is -2.43. The highest BCUT2D eigenvalue weighted by atomic mass is 16.2. The van der Waals surface area contributed by atoms with Gasteiger partial charge in [0.15, 0.2) is 5.82 Å². The fraction of sp³-hybridized carbons (Fsp3) is 0.389. The second kappa shape index (κ2) is 5.99. The number of nitrogens with zero attached hydrogens (tertiary/aromatic N) is 3. The van der Waals surface area contributed by atoms with Crippen molar-refractivity contribution in [3.63, 3.8) is 0 Å². The van der Waals surface area contributed by atoms with E-state index >= 15 is 0 Å². The fourth-order valence-corrected chi connectivity index (χ4v) is 3.30. The van der Waals surface area contributed by atoms with Gasteiger partial charge in [0.25, 0.3) is 0 Å². The van der Waals surface area contributed by atoms with Crippen molar-refractivity contribution in [1.82, 2.24) is 14.9 Å². The van der Waals surface area contributed by atoms with Crippen LogP contribution in [0.4, 0.5) is 5.82 Å². The number of likely N-dealkylation sites (tertiary alicyclic amines) is 1. The first-order chi connectivity index (χ1) is 11.0. The molecular weight excluding hydrogens is 288 g/mol. The molecule has 0 bridgehead atoms. The zero-order chi connectivity index (χ0) is 16.4. The summed E-state index contributed by atoms with van der Waals surface area (Å²) in [6.07, 6.45) is 2.21. The average Bonchev–Trinajstić information content (AvgIpc) is 2.91. The molecule has 3 rings (SSSR count). The Morgan fingerprint density at radius 2 is 2.04 bits per heavy atom. The number of aryl methyl sites for hydroxylation is 1. The van der Waals surface area contributed by atoms with E-state index in [1.807, 2.05) is 49.1 Å². The Morgan fingerprint density at radius 3 is 2.74 bits per heavy atom. The van der Waals surface area contributed by atoms with Gasteiger partial charge in [-0.3, -0.25) is 4.79 Å². The maximum atomic E-state index is 12.8. The number of hydrogen-bond acceptors (Lipinski definition) is 4. The summed E-state index contributed by atoms with van der Waals surface area (Å²) in [5, 5.41) is 0. The molecule has 5 nitrogen and oxygen atoms in total. The first-order valence-electron chi connectivity index (χ1n) is 7.95. The van der Waals surface area contributed by atoms with Crippen molar-refractivity contribution < 1.29 is 4.79 Å². The maximum absolute atomic E-state index is 12.8. The summed E-state index contributed by atoms with van der Waals surface area (Å²) in [5.74, 6) is 1.21. The van der Waals surface area contributed by atoms with Gasteiger partial charge in [0.1, 0.15) is 5.82 Å². The van der Waals surface area contributed by atoms with Gasteiger partial charge in [-0.25, -0.2) is 9.97 Å². The van der Waals surface area contributed by atoms with Crippen molar-refractivity contribution in [2.45, 2.75) is 38.6 Å². The molecular formula is C18H22N4O. The molecule has 2 heterocycles. The van der Waals surface area contributed by atoms with E-state index in [1.54, 1.807) is 6.07 Å². The van der Waals surface area contributed by atoms with E-state index in [0.29, 0.717) is 18.1 Å². The van der Waals surface area contributed by atoms with Crippen molar-refractivity contribution >= 4 is 11.7 Å². The van der Waals surface area contributed by atoms with E-state index in [2.05, 4.69) is 9.97 Å². The summed E-state index contributed by atoms with van der Waals surface area (Å²) in [6, 6.07) is 11.6. The lowest BCUT2D eigenvalue weighted by molar-refractivity contribution is -0.134. The highest BCUT2D eigenvalue weighted by Crippen LogP contribution is 2.37. The first-order valence-corrected chi connectivity index (χ1v) is 7.95. The Labute approximate surface area is 136 Å². The molecule has 120 valence electrons. The van der Waals surface area contributed by atoms with Crippen molar-refractivity contribution in [1.29, 1.82) is 0 Å². The molecule has 1 aliphatic rings. The Balaban J connectivity index is 1.88. The van der Waals surface area contributed by atoms with Gasteiger partial charge in [-0.2, -0.15) is 0 Å². The van der Waals surface area contributed by atoms with E-state index in [1.165, 1.54) is 0 Å². The van der Waals surface area contributed by atoms with Crippen LogP contribution in [0.15, 0.2) is 36.4 Å². The van der Waals surface area contributed by atoms with Crippen molar-refractivity contribution in [2.75, 3.05) is 12.3 Å². The quantitative estimate of drug-likeness (QED) is 0.945. The van der Waals surface area contributed by atoms with Crippen LogP contribution >= 0.6 is 0 Å². The predicted molar refractivity (Wildman–Crippen MR) is 89.6 cm³/mol. The molecule has 0 spiro atoms. The number of amides is 1. The van der Waals surface area contributed by atoms with Gasteiger partial charge in [0, 0.05) is 18.3 Å².